The summed E-state index contributed by atoms with van der Waals surface area (Å²) in [6.45, 7) is 14.1. The van der Waals surface area contributed by atoms with E-state index in [2.05, 4.69) is 77.9 Å². The number of aryl methyl sites for hydroxylation is 2. The summed E-state index contributed by atoms with van der Waals surface area (Å²) in [6, 6.07) is 14.1. The Balaban J connectivity index is 2.00. The van der Waals surface area contributed by atoms with Gasteiger partial charge in [0, 0.05) is 0 Å². The molecule has 0 spiro atoms. The fourth-order valence-corrected chi connectivity index (χ4v) is 4.07. The maximum atomic E-state index is 2.51. The predicted octanol–water partition coefficient (Wildman–Crippen LogP) is 6.50. The lowest BCUT2D eigenvalue weighted by Crippen LogP contribution is -2.34. The Morgan fingerprint density at radius 2 is 1.29 bits per heavy atom. The zero-order chi connectivity index (χ0) is 17.5. The highest BCUT2D eigenvalue weighted by atomic mass is 14.4. The molecule has 0 bridgehead atoms. The van der Waals surface area contributed by atoms with Crippen LogP contribution >= 0.6 is 0 Å². The quantitative estimate of drug-likeness (QED) is 0.605. The SMILES string of the molecule is CCc1ccc(Cc2cc3c(cc2C)C(C)(C)CCC3(C)C)cc1. The molecule has 0 N–H and O–H groups in total. The highest BCUT2D eigenvalue weighted by Gasteiger charge is 2.37. The van der Waals surface area contributed by atoms with E-state index in [1.165, 1.54) is 35.1 Å². The maximum absolute atomic E-state index is 2.51. The van der Waals surface area contributed by atoms with Crippen LogP contribution in [0, 0.1) is 6.92 Å². The molecule has 24 heavy (non-hydrogen) atoms. The van der Waals surface area contributed by atoms with Gasteiger partial charge in [-0.3, -0.25) is 0 Å². The Bertz CT molecular complexity index is 729. The van der Waals surface area contributed by atoms with E-state index in [4.69, 9.17) is 0 Å². The van der Waals surface area contributed by atoms with Gasteiger partial charge in [-0.25, -0.2) is 0 Å². The minimum Gasteiger partial charge on any atom is -0.0613 e. The molecule has 0 atom stereocenters. The van der Waals surface area contributed by atoms with Crippen LogP contribution in [0.4, 0.5) is 0 Å². The minimum absolute atomic E-state index is 0.291. The summed E-state index contributed by atoms with van der Waals surface area (Å²) < 4.78 is 0. The van der Waals surface area contributed by atoms with E-state index in [-0.39, 0.29) is 0 Å². The van der Waals surface area contributed by atoms with Gasteiger partial charge in [0.25, 0.3) is 0 Å². The van der Waals surface area contributed by atoms with E-state index in [9.17, 15) is 0 Å². The zero-order valence-electron chi connectivity index (χ0n) is 16.3. The van der Waals surface area contributed by atoms with Crippen LogP contribution in [0.3, 0.4) is 0 Å². The van der Waals surface area contributed by atoms with Crippen LogP contribution < -0.4 is 0 Å². The molecule has 0 heterocycles. The van der Waals surface area contributed by atoms with Gasteiger partial charge in [-0.15, -0.1) is 0 Å². The summed E-state index contributed by atoms with van der Waals surface area (Å²) in [5.41, 5.74) is 9.51. The third-order valence-corrected chi connectivity index (χ3v) is 6.14. The second-order valence-electron chi connectivity index (χ2n) is 8.94. The van der Waals surface area contributed by atoms with Crippen LogP contribution in [0.2, 0.25) is 0 Å². The molecule has 3 rings (SSSR count). The second kappa shape index (κ2) is 6.06. The standard InChI is InChI=1S/C24H32/c1-7-18-8-10-19(11-9-18)15-20-16-22-21(14-17(20)2)23(3,4)12-13-24(22,5)6/h8-11,14,16H,7,12-13,15H2,1-6H3. The number of fused-ring (bicyclic) bond motifs is 1. The third kappa shape index (κ3) is 3.16. The Hall–Kier alpha value is -1.56. The zero-order valence-corrected chi connectivity index (χ0v) is 16.3. The molecule has 2 aromatic carbocycles. The lowest BCUT2D eigenvalue weighted by Gasteiger charge is -2.42. The molecule has 2 aromatic rings. The Labute approximate surface area is 148 Å². The second-order valence-corrected chi connectivity index (χ2v) is 8.94. The van der Waals surface area contributed by atoms with Crippen molar-refractivity contribution in [2.75, 3.05) is 0 Å². The van der Waals surface area contributed by atoms with Crippen LogP contribution in [0.5, 0.6) is 0 Å². The van der Waals surface area contributed by atoms with Crippen LogP contribution in [-0.2, 0) is 23.7 Å². The van der Waals surface area contributed by atoms with Crippen LogP contribution in [0.15, 0.2) is 36.4 Å². The van der Waals surface area contributed by atoms with E-state index in [0.29, 0.717) is 10.8 Å². The van der Waals surface area contributed by atoms with E-state index >= 15 is 0 Å². The highest BCUT2D eigenvalue weighted by molar-refractivity contribution is 5.48. The summed E-state index contributed by atoms with van der Waals surface area (Å²) in [7, 11) is 0. The summed E-state index contributed by atoms with van der Waals surface area (Å²) in [5.74, 6) is 0. The van der Waals surface area contributed by atoms with Gasteiger partial charge >= 0.3 is 0 Å². The van der Waals surface area contributed by atoms with E-state index < -0.39 is 0 Å². The number of rotatable bonds is 3. The first-order valence-corrected chi connectivity index (χ1v) is 9.45. The minimum atomic E-state index is 0.291. The van der Waals surface area contributed by atoms with Gasteiger partial charge in [-0.2, -0.15) is 0 Å². The summed E-state index contributed by atoms with van der Waals surface area (Å²) in [6.07, 6.45) is 4.71. The summed E-state index contributed by atoms with van der Waals surface area (Å²) >= 11 is 0. The highest BCUT2D eigenvalue weighted by Crippen LogP contribution is 2.46. The monoisotopic (exact) mass is 320 g/mol. The van der Waals surface area contributed by atoms with Crippen molar-refractivity contribution in [2.24, 2.45) is 0 Å². The van der Waals surface area contributed by atoms with E-state index in [0.717, 1.165) is 12.8 Å². The normalized spacial score (nSPS) is 18.2. The number of benzene rings is 2. The smallest absolute Gasteiger partial charge is 0.00230 e. The average molecular weight is 321 g/mol. The van der Waals surface area contributed by atoms with Crippen LogP contribution in [0.25, 0.3) is 0 Å². The first-order chi connectivity index (χ1) is 11.2. The first kappa shape index (κ1) is 17.3. The van der Waals surface area contributed by atoms with Gasteiger partial charge in [0.1, 0.15) is 0 Å². The van der Waals surface area contributed by atoms with Crippen molar-refractivity contribution in [3.63, 3.8) is 0 Å². The molecule has 0 fully saturated rings. The molecule has 1 aliphatic rings. The topological polar surface area (TPSA) is 0 Å². The molecule has 0 radical (unpaired) electrons. The molecule has 0 unspecified atom stereocenters. The summed E-state index contributed by atoms with van der Waals surface area (Å²) in [4.78, 5) is 0. The molecule has 0 aliphatic heterocycles. The van der Waals surface area contributed by atoms with Crippen LogP contribution in [-0.4, -0.2) is 0 Å². The van der Waals surface area contributed by atoms with Crippen molar-refractivity contribution < 1.29 is 0 Å². The summed E-state index contributed by atoms with van der Waals surface area (Å²) in [5, 5.41) is 0. The Kier molecular flexibility index (Phi) is 4.36. The number of hydrogen-bond donors (Lipinski definition) is 0. The Morgan fingerprint density at radius 1 is 0.792 bits per heavy atom. The van der Waals surface area contributed by atoms with Crippen LogP contribution in [0.1, 0.15) is 80.8 Å². The molecule has 0 nitrogen and oxygen atoms in total. The molecule has 0 saturated carbocycles. The molecule has 0 saturated heterocycles. The van der Waals surface area contributed by atoms with Gasteiger partial charge in [0.05, 0.1) is 0 Å². The van der Waals surface area contributed by atoms with Crippen molar-refractivity contribution in [3.05, 3.63) is 69.8 Å². The lowest BCUT2D eigenvalue weighted by molar-refractivity contribution is 0.331. The molecule has 0 heteroatoms. The van der Waals surface area contributed by atoms with Gasteiger partial charge in [0.15, 0.2) is 0 Å². The number of hydrogen-bond acceptors (Lipinski definition) is 0. The molecular weight excluding hydrogens is 288 g/mol. The Morgan fingerprint density at radius 3 is 1.83 bits per heavy atom. The average Bonchev–Trinajstić information content (AvgIpc) is 2.54. The van der Waals surface area contributed by atoms with Gasteiger partial charge in [-0.1, -0.05) is 71.0 Å². The lowest BCUT2D eigenvalue weighted by atomic mass is 9.62. The van der Waals surface area contributed by atoms with Crippen molar-refractivity contribution in [3.8, 4) is 0 Å². The van der Waals surface area contributed by atoms with E-state index in [1.54, 1.807) is 11.1 Å². The molecule has 128 valence electrons. The van der Waals surface area contributed by atoms with Crippen molar-refractivity contribution >= 4 is 0 Å². The third-order valence-electron chi connectivity index (χ3n) is 6.14. The molecular formula is C24H32. The predicted molar refractivity (Wildman–Crippen MR) is 105 cm³/mol. The molecule has 0 amide bonds. The van der Waals surface area contributed by atoms with Crippen molar-refractivity contribution in [1.82, 2.24) is 0 Å². The fraction of sp³-hybridized carbons (Fsp3) is 0.500. The maximum Gasteiger partial charge on any atom is -0.00230 e. The first-order valence-electron chi connectivity index (χ1n) is 9.45. The fourth-order valence-electron chi connectivity index (χ4n) is 4.07. The van der Waals surface area contributed by atoms with E-state index in [1.807, 2.05) is 0 Å². The molecule has 0 aromatic heterocycles. The van der Waals surface area contributed by atoms with Crippen molar-refractivity contribution in [1.29, 1.82) is 0 Å². The van der Waals surface area contributed by atoms with Gasteiger partial charge in [0.2, 0.25) is 0 Å². The van der Waals surface area contributed by atoms with Crippen molar-refractivity contribution in [2.45, 2.75) is 78.1 Å². The van der Waals surface area contributed by atoms with Gasteiger partial charge in [-0.05, 0) is 76.8 Å². The van der Waals surface area contributed by atoms with Gasteiger partial charge < -0.3 is 0 Å². The molecule has 1 aliphatic carbocycles. The largest absolute Gasteiger partial charge is 0.0613 e.